The normalized spacial score (nSPS) is 11.5. The molecule has 1 heterocycles. The third-order valence-corrected chi connectivity index (χ3v) is 5.07. The maximum Gasteiger partial charge on any atom is 0.258 e. The number of H-pyrrole nitrogens is 1. The number of pyridine rings is 1. The van der Waals surface area contributed by atoms with Crippen LogP contribution in [0.5, 0.6) is 17.4 Å². The van der Waals surface area contributed by atoms with Gasteiger partial charge in [-0.15, -0.1) is 0 Å². The Bertz CT molecular complexity index is 1370. The summed E-state index contributed by atoms with van der Waals surface area (Å²) in [6.07, 6.45) is 5.46. The maximum atomic E-state index is 12.3. The fourth-order valence-electron chi connectivity index (χ4n) is 3.42. The average molecular weight is 426 g/mol. The number of methoxy groups -OCH3 is 1. The largest absolute Gasteiger partial charge is 0.504 e. The lowest BCUT2D eigenvalue weighted by Gasteiger charge is -2.07. The lowest BCUT2D eigenvalue weighted by Crippen LogP contribution is -2.08. The summed E-state index contributed by atoms with van der Waals surface area (Å²) >= 11 is 0. The van der Waals surface area contributed by atoms with Gasteiger partial charge in [0.05, 0.1) is 19.2 Å². The van der Waals surface area contributed by atoms with E-state index in [4.69, 9.17) is 4.74 Å². The van der Waals surface area contributed by atoms with Crippen LogP contribution in [-0.2, 0) is 6.54 Å². The third-order valence-electron chi connectivity index (χ3n) is 5.07. The molecule has 0 unspecified atom stereocenters. The molecule has 0 radical (unpaired) electrons. The second kappa shape index (κ2) is 9.22. The Morgan fingerprint density at radius 2 is 1.72 bits per heavy atom. The summed E-state index contributed by atoms with van der Waals surface area (Å²) < 4.78 is 5.05. The van der Waals surface area contributed by atoms with Crippen molar-refractivity contribution in [2.24, 2.45) is 4.99 Å². The van der Waals surface area contributed by atoms with Crippen molar-refractivity contribution in [2.75, 3.05) is 7.11 Å². The van der Waals surface area contributed by atoms with Gasteiger partial charge < -0.3 is 14.9 Å². The SMILES string of the molecule is COc1ccc(CN=Cc2c(O)[nH]c(=O)c3ccc(C=Cc4ccccc4)cc23)cc1O. The van der Waals surface area contributed by atoms with Crippen molar-refractivity contribution in [1.82, 2.24) is 4.98 Å². The zero-order valence-electron chi connectivity index (χ0n) is 17.4. The van der Waals surface area contributed by atoms with Gasteiger partial charge in [0.1, 0.15) is 0 Å². The second-order valence-electron chi connectivity index (χ2n) is 7.24. The Kier molecular flexibility index (Phi) is 6.03. The molecule has 160 valence electrons. The molecule has 0 aliphatic carbocycles. The van der Waals surface area contributed by atoms with Crippen molar-refractivity contribution in [1.29, 1.82) is 0 Å². The monoisotopic (exact) mass is 426 g/mol. The first-order valence-electron chi connectivity index (χ1n) is 10.0. The highest BCUT2D eigenvalue weighted by Gasteiger charge is 2.10. The van der Waals surface area contributed by atoms with Crippen LogP contribution in [0.25, 0.3) is 22.9 Å². The molecule has 0 bridgehead atoms. The maximum absolute atomic E-state index is 12.3. The summed E-state index contributed by atoms with van der Waals surface area (Å²) in [7, 11) is 1.49. The van der Waals surface area contributed by atoms with Gasteiger partial charge in [-0.25, -0.2) is 0 Å². The number of aromatic nitrogens is 1. The van der Waals surface area contributed by atoms with Gasteiger partial charge >= 0.3 is 0 Å². The summed E-state index contributed by atoms with van der Waals surface area (Å²) in [6.45, 7) is 0.283. The molecule has 0 saturated heterocycles. The van der Waals surface area contributed by atoms with Crippen molar-refractivity contribution < 1.29 is 14.9 Å². The number of hydrogen-bond acceptors (Lipinski definition) is 5. The Hall–Kier alpha value is -4.32. The molecule has 6 nitrogen and oxygen atoms in total. The highest BCUT2D eigenvalue weighted by atomic mass is 16.5. The number of rotatable bonds is 6. The number of hydrogen-bond donors (Lipinski definition) is 3. The van der Waals surface area contributed by atoms with Crippen LogP contribution in [0.1, 0.15) is 22.3 Å². The number of nitrogens with zero attached hydrogens (tertiary/aromatic N) is 1. The summed E-state index contributed by atoms with van der Waals surface area (Å²) in [5.74, 6) is 0.179. The van der Waals surface area contributed by atoms with Crippen LogP contribution in [0, 0.1) is 0 Å². The number of aromatic hydroxyl groups is 2. The van der Waals surface area contributed by atoms with Gasteiger partial charge in [0.2, 0.25) is 5.88 Å². The summed E-state index contributed by atoms with van der Waals surface area (Å²) in [5, 5.41) is 21.4. The lowest BCUT2D eigenvalue weighted by molar-refractivity contribution is 0.373. The van der Waals surface area contributed by atoms with Gasteiger partial charge in [-0.3, -0.25) is 14.8 Å². The van der Waals surface area contributed by atoms with E-state index in [1.165, 1.54) is 13.3 Å². The van der Waals surface area contributed by atoms with Crippen LogP contribution in [0.4, 0.5) is 0 Å². The van der Waals surface area contributed by atoms with E-state index >= 15 is 0 Å². The third kappa shape index (κ3) is 4.54. The van der Waals surface area contributed by atoms with Gasteiger partial charge in [-0.2, -0.15) is 0 Å². The smallest absolute Gasteiger partial charge is 0.258 e. The first-order valence-corrected chi connectivity index (χ1v) is 10.0. The second-order valence-corrected chi connectivity index (χ2v) is 7.24. The predicted octanol–water partition coefficient (Wildman–Crippen LogP) is 4.74. The minimum Gasteiger partial charge on any atom is -0.504 e. The summed E-state index contributed by atoms with van der Waals surface area (Å²) in [6, 6.07) is 20.4. The zero-order chi connectivity index (χ0) is 22.5. The molecule has 4 rings (SSSR count). The fourth-order valence-corrected chi connectivity index (χ4v) is 3.42. The topological polar surface area (TPSA) is 94.9 Å². The van der Waals surface area contributed by atoms with Crippen molar-refractivity contribution in [2.45, 2.75) is 6.54 Å². The number of phenols is 1. The van der Waals surface area contributed by atoms with E-state index in [-0.39, 0.29) is 23.7 Å². The van der Waals surface area contributed by atoms with Gasteiger partial charge in [0, 0.05) is 17.0 Å². The van der Waals surface area contributed by atoms with Gasteiger partial charge in [-0.05, 0) is 41.0 Å². The highest BCUT2D eigenvalue weighted by Crippen LogP contribution is 2.27. The number of fused-ring (bicyclic) bond motifs is 1. The van der Waals surface area contributed by atoms with Crippen LogP contribution in [0.2, 0.25) is 0 Å². The number of aromatic amines is 1. The lowest BCUT2D eigenvalue weighted by atomic mass is 10.0. The molecule has 3 aromatic carbocycles. The quantitative estimate of drug-likeness (QED) is 0.307. The minimum absolute atomic E-state index is 0.0346. The molecule has 0 amide bonds. The van der Waals surface area contributed by atoms with Crippen molar-refractivity contribution in [3.05, 3.63) is 99.3 Å². The Morgan fingerprint density at radius 1 is 0.938 bits per heavy atom. The molecule has 6 heteroatoms. The molecule has 0 atom stereocenters. The number of benzene rings is 3. The Balaban J connectivity index is 1.66. The van der Waals surface area contributed by atoms with Crippen molar-refractivity contribution in [3.8, 4) is 17.4 Å². The predicted molar refractivity (Wildman–Crippen MR) is 128 cm³/mol. The average Bonchev–Trinajstić information content (AvgIpc) is 2.80. The van der Waals surface area contributed by atoms with Crippen molar-refractivity contribution in [3.63, 3.8) is 0 Å². The van der Waals surface area contributed by atoms with E-state index in [2.05, 4.69) is 9.98 Å². The highest BCUT2D eigenvalue weighted by molar-refractivity contribution is 6.02. The van der Waals surface area contributed by atoms with Gasteiger partial charge in [-0.1, -0.05) is 54.6 Å². The van der Waals surface area contributed by atoms with Crippen LogP contribution in [0.3, 0.4) is 0 Å². The molecule has 0 spiro atoms. The Labute approximate surface area is 184 Å². The molecule has 3 N–H and O–H groups in total. The summed E-state index contributed by atoms with van der Waals surface area (Å²) in [4.78, 5) is 19.2. The van der Waals surface area contributed by atoms with Crippen LogP contribution >= 0.6 is 0 Å². The molecule has 32 heavy (non-hydrogen) atoms. The minimum atomic E-state index is -0.367. The van der Waals surface area contributed by atoms with Crippen LogP contribution in [0.15, 0.2) is 76.5 Å². The first-order chi connectivity index (χ1) is 15.5. The molecule has 0 fully saturated rings. The van der Waals surface area contributed by atoms with E-state index in [1.54, 1.807) is 24.3 Å². The Morgan fingerprint density at radius 3 is 2.47 bits per heavy atom. The van der Waals surface area contributed by atoms with E-state index in [0.29, 0.717) is 22.1 Å². The van der Waals surface area contributed by atoms with E-state index in [9.17, 15) is 15.0 Å². The van der Waals surface area contributed by atoms with Gasteiger partial charge in [0.25, 0.3) is 5.56 Å². The zero-order valence-corrected chi connectivity index (χ0v) is 17.4. The first kappa shape index (κ1) is 20.9. The van der Waals surface area contributed by atoms with Crippen LogP contribution in [-0.4, -0.2) is 28.5 Å². The molecule has 1 aromatic heterocycles. The fraction of sp³-hybridized carbons (Fsp3) is 0.0769. The molecule has 4 aromatic rings. The van der Waals surface area contributed by atoms with Crippen molar-refractivity contribution >= 4 is 29.1 Å². The number of ether oxygens (including phenoxy) is 1. The molecular weight excluding hydrogens is 404 g/mol. The van der Waals surface area contributed by atoms with E-state index in [1.807, 2.05) is 54.6 Å². The molecule has 0 saturated carbocycles. The molecule has 0 aliphatic heterocycles. The van der Waals surface area contributed by atoms with E-state index < -0.39 is 0 Å². The number of phenolic OH excluding ortho intramolecular Hbond substituents is 1. The molecular formula is C26H22N2O4. The van der Waals surface area contributed by atoms with Gasteiger partial charge in [0.15, 0.2) is 11.5 Å². The standard InChI is InChI=1S/C26H22N2O4/c1-32-24-12-10-19(14-23(24)29)15-27-16-22-21-13-18(8-7-17-5-3-2-4-6-17)9-11-20(21)25(30)28-26(22)31/h2-14,16,29H,15H2,1H3,(H2,28,30,31). The molecule has 0 aliphatic rings. The summed E-state index contributed by atoms with van der Waals surface area (Å²) in [5.41, 5.74) is 2.78. The van der Waals surface area contributed by atoms with Crippen LogP contribution < -0.4 is 10.3 Å². The number of nitrogens with one attached hydrogen (secondary N) is 1. The van der Waals surface area contributed by atoms with E-state index in [0.717, 1.165) is 16.7 Å². The number of aliphatic imine (C=N–C) groups is 1.